The highest BCUT2D eigenvalue weighted by Crippen LogP contribution is 2.27. The average Bonchev–Trinajstić information content (AvgIpc) is 2.15. The van der Waals surface area contributed by atoms with Gasteiger partial charge in [0, 0.05) is 35.7 Å². The van der Waals surface area contributed by atoms with Crippen LogP contribution in [0.1, 0.15) is 20.8 Å². The molecule has 4 heteroatoms. The van der Waals surface area contributed by atoms with Crippen molar-refractivity contribution in [2.24, 2.45) is 0 Å². The molecule has 0 fully saturated rings. The van der Waals surface area contributed by atoms with E-state index in [1.54, 1.807) is 8.93 Å². The number of benzene rings is 1. The van der Waals surface area contributed by atoms with Crippen LogP contribution in [-0.4, -0.2) is 8.96 Å². The summed E-state index contributed by atoms with van der Waals surface area (Å²) in [6.07, 6.45) is 0. The van der Waals surface area contributed by atoms with Crippen molar-refractivity contribution in [1.29, 1.82) is 0 Å². The molecule has 78 valence electrons. The van der Waals surface area contributed by atoms with Gasteiger partial charge in [-0.3, -0.25) is 4.21 Å². The van der Waals surface area contributed by atoms with E-state index in [4.69, 9.17) is 0 Å². The Bertz CT molecular complexity index is 327. The molecule has 0 heterocycles. The van der Waals surface area contributed by atoms with Crippen LogP contribution >= 0.6 is 30.1 Å². The van der Waals surface area contributed by atoms with Gasteiger partial charge in [0.05, 0.1) is 10.8 Å². The molecule has 1 nitrogen and oxygen atoms in total. The van der Waals surface area contributed by atoms with E-state index in [1.165, 1.54) is 4.90 Å². The molecule has 1 atom stereocenters. The first-order chi connectivity index (χ1) is 6.45. The lowest BCUT2D eigenvalue weighted by Crippen LogP contribution is -2.21. The second-order valence-corrected chi connectivity index (χ2v) is 8.11. The highest BCUT2D eigenvalue weighted by atomic mass is 127. The first kappa shape index (κ1) is 12.5. The summed E-state index contributed by atoms with van der Waals surface area (Å²) in [7, 11) is 0.745. The Labute approximate surface area is 104 Å². The molecule has 0 aliphatic rings. The number of rotatable bonds is 2. The third-order valence-electron chi connectivity index (χ3n) is 1.68. The van der Waals surface area contributed by atoms with Gasteiger partial charge in [-0.25, -0.2) is 0 Å². The van der Waals surface area contributed by atoms with Gasteiger partial charge in [-0.1, -0.05) is 8.93 Å². The second-order valence-electron chi connectivity index (χ2n) is 3.93. The molecule has 1 aromatic rings. The molecule has 0 amide bonds. The van der Waals surface area contributed by atoms with Crippen LogP contribution in [0.15, 0.2) is 34.1 Å². The van der Waals surface area contributed by atoms with Crippen molar-refractivity contribution < 1.29 is 4.21 Å². The second kappa shape index (κ2) is 4.99. The molecule has 0 saturated carbocycles. The largest absolute Gasteiger partial charge is 0.254 e. The Morgan fingerprint density at radius 3 is 2.07 bits per heavy atom. The van der Waals surface area contributed by atoms with Crippen molar-refractivity contribution in [3.63, 3.8) is 0 Å². The molecule has 0 aromatic heterocycles. The Kier molecular flexibility index (Phi) is 4.46. The molecule has 0 saturated heterocycles. The van der Waals surface area contributed by atoms with E-state index in [0.29, 0.717) is 0 Å². The lowest BCUT2D eigenvalue weighted by molar-refractivity contribution is 0.649. The van der Waals surface area contributed by atoms with E-state index in [1.807, 2.05) is 45.0 Å². The monoisotopic (exact) mass is 340 g/mol. The van der Waals surface area contributed by atoms with E-state index in [9.17, 15) is 4.21 Å². The summed E-state index contributed by atoms with van der Waals surface area (Å²) < 4.78 is 11.8. The number of hydrogen-bond donors (Lipinski definition) is 0. The van der Waals surface area contributed by atoms with Crippen LogP contribution in [0.5, 0.6) is 0 Å². The van der Waals surface area contributed by atoms with Gasteiger partial charge in [0.15, 0.2) is 0 Å². The highest BCUT2D eigenvalue weighted by molar-refractivity contribution is 14.2. The Morgan fingerprint density at radius 2 is 1.71 bits per heavy atom. The molecular weight excluding hydrogens is 327 g/mol. The van der Waals surface area contributed by atoms with Crippen LogP contribution in [0.25, 0.3) is 0 Å². The third kappa shape index (κ3) is 3.24. The zero-order valence-corrected chi connectivity index (χ0v) is 12.2. The van der Waals surface area contributed by atoms with E-state index in [2.05, 4.69) is 21.2 Å². The van der Waals surface area contributed by atoms with Crippen LogP contribution in [0.4, 0.5) is 0 Å². The topological polar surface area (TPSA) is 17.1 Å². The van der Waals surface area contributed by atoms with Gasteiger partial charge < -0.3 is 0 Å². The SMILES string of the molecule is CC(C)(C)[S@](=O)c1ccc(SI)cc1. The fourth-order valence-electron chi connectivity index (χ4n) is 0.968. The van der Waals surface area contributed by atoms with Gasteiger partial charge in [0.2, 0.25) is 0 Å². The molecule has 0 aliphatic carbocycles. The normalized spacial score (nSPS) is 14.0. The van der Waals surface area contributed by atoms with Crippen molar-refractivity contribution in [2.75, 3.05) is 0 Å². The maximum absolute atomic E-state index is 12.0. The Morgan fingerprint density at radius 1 is 1.21 bits per heavy atom. The van der Waals surface area contributed by atoms with Crippen LogP contribution in [0, 0.1) is 0 Å². The summed E-state index contributed by atoms with van der Waals surface area (Å²) in [5.41, 5.74) is 0. The first-order valence-corrected chi connectivity index (χ1v) is 8.76. The Balaban J connectivity index is 2.93. The van der Waals surface area contributed by atoms with Gasteiger partial charge in [0.25, 0.3) is 0 Å². The molecule has 0 unspecified atom stereocenters. The molecule has 0 bridgehead atoms. The van der Waals surface area contributed by atoms with Gasteiger partial charge in [-0.05, 0) is 45.0 Å². The van der Waals surface area contributed by atoms with E-state index >= 15 is 0 Å². The minimum Gasteiger partial charge on any atom is -0.254 e. The van der Waals surface area contributed by atoms with Crippen LogP contribution in [-0.2, 0) is 10.8 Å². The van der Waals surface area contributed by atoms with Gasteiger partial charge in [-0.2, -0.15) is 0 Å². The van der Waals surface area contributed by atoms with Crippen LogP contribution in [0.3, 0.4) is 0 Å². The summed E-state index contributed by atoms with van der Waals surface area (Å²) >= 11 is 2.24. The summed E-state index contributed by atoms with van der Waals surface area (Å²) in [4.78, 5) is 2.10. The fraction of sp³-hybridized carbons (Fsp3) is 0.400. The molecule has 0 aliphatic heterocycles. The molecule has 1 aromatic carbocycles. The summed E-state index contributed by atoms with van der Waals surface area (Å²) in [6, 6.07) is 7.91. The van der Waals surface area contributed by atoms with Gasteiger partial charge in [-0.15, -0.1) is 0 Å². The molecule has 0 N–H and O–H groups in total. The molecule has 0 spiro atoms. The Hall–Kier alpha value is 0.450. The third-order valence-corrected chi connectivity index (χ3v) is 5.47. The average molecular weight is 340 g/mol. The van der Waals surface area contributed by atoms with Crippen LogP contribution in [0.2, 0.25) is 0 Å². The minimum atomic E-state index is -0.923. The highest BCUT2D eigenvalue weighted by Gasteiger charge is 2.20. The zero-order chi connectivity index (χ0) is 10.8. The first-order valence-electron chi connectivity index (χ1n) is 4.25. The van der Waals surface area contributed by atoms with Crippen molar-refractivity contribution in [2.45, 2.75) is 35.3 Å². The van der Waals surface area contributed by atoms with Crippen molar-refractivity contribution in [3.05, 3.63) is 24.3 Å². The summed E-state index contributed by atoms with van der Waals surface area (Å²) in [5, 5.41) is 0. The van der Waals surface area contributed by atoms with Gasteiger partial charge >= 0.3 is 0 Å². The van der Waals surface area contributed by atoms with E-state index < -0.39 is 10.8 Å². The zero-order valence-electron chi connectivity index (χ0n) is 8.41. The lowest BCUT2D eigenvalue weighted by atomic mass is 10.3. The molecule has 1 rings (SSSR count). The lowest BCUT2D eigenvalue weighted by Gasteiger charge is -2.17. The van der Waals surface area contributed by atoms with Crippen molar-refractivity contribution in [3.8, 4) is 0 Å². The van der Waals surface area contributed by atoms with Gasteiger partial charge in [0.1, 0.15) is 0 Å². The van der Waals surface area contributed by atoms with Crippen molar-refractivity contribution >= 4 is 40.9 Å². The summed E-state index contributed by atoms with van der Waals surface area (Å²) in [6.45, 7) is 5.97. The maximum Gasteiger partial charge on any atom is 0.0583 e. The standard InChI is InChI=1S/C10H13IOS2/c1-10(2,3)14(12)9-6-4-8(13-11)5-7-9/h4-7H,1-3H3/t14-/m1/s1. The minimum absolute atomic E-state index is 0.182. The quantitative estimate of drug-likeness (QED) is 0.756. The number of hydrogen-bond acceptors (Lipinski definition) is 2. The molecular formula is C10H13IOS2. The fourth-order valence-corrected chi connectivity index (χ4v) is 3.18. The smallest absolute Gasteiger partial charge is 0.0583 e. The maximum atomic E-state index is 12.0. The molecule has 0 radical (unpaired) electrons. The predicted octanol–water partition coefficient (Wildman–Crippen LogP) is 4.03. The van der Waals surface area contributed by atoms with E-state index in [0.717, 1.165) is 4.90 Å². The molecule has 14 heavy (non-hydrogen) atoms. The summed E-state index contributed by atoms with van der Waals surface area (Å²) in [5.74, 6) is 0. The predicted molar refractivity (Wildman–Crippen MR) is 72.5 cm³/mol. The van der Waals surface area contributed by atoms with Crippen LogP contribution < -0.4 is 0 Å². The van der Waals surface area contributed by atoms with Crippen molar-refractivity contribution in [1.82, 2.24) is 0 Å². The number of halogens is 1. The van der Waals surface area contributed by atoms with E-state index in [-0.39, 0.29) is 4.75 Å².